The van der Waals surface area contributed by atoms with Crippen LogP contribution in [0.25, 0.3) is 0 Å². The Morgan fingerprint density at radius 3 is 2.30 bits per heavy atom. The predicted octanol–water partition coefficient (Wildman–Crippen LogP) is 3.07. The fraction of sp³-hybridized carbons (Fsp3) is 0.300. The van der Waals surface area contributed by atoms with Gasteiger partial charge in [0.05, 0.1) is 32.4 Å². The molecular weight excluding hydrogens is 351 g/mol. The first-order valence-corrected chi connectivity index (χ1v) is 8.65. The van der Waals surface area contributed by atoms with Crippen LogP contribution in [0.5, 0.6) is 0 Å². The van der Waals surface area contributed by atoms with Crippen LogP contribution in [0.1, 0.15) is 15.9 Å². The molecule has 0 N–H and O–H groups in total. The predicted molar refractivity (Wildman–Crippen MR) is 98.2 cm³/mol. The molecule has 0 aliphatic carbocycles. The number of anilines is 1. The Hall–Kier alpha value is -2.93. The number of carbonyl (C=O) groups is 2. The second kappa shape index (κ2) is 8.64. The molecule has 7 heteroatoms. The van der Waals surface area contributed by atoms with Crippen LogP contribution in [-0.2, 0) is 16.0 Å². The lowest BCUT2D eigenvalue weighted by Gasteiger charge is -2.33. The molecule has 2 aromatic rings. The van der Waals surface area contributed by atoms with Crippen molar-refractivity contribution in [3.05, 3.63) is 65.5 Å². The van der Waals surface area contributed by atoms with E-state index < -0.39 is 5.97 Å². The molecule has 1 aliphatic heterocycles. The van der Waals surface area contributed by atoms with Crippen LogP contribution in [0.3, 0.4) is 0 Å². The number of urea groups is 1. The van der Waals surface area contributed by atoms with Crippen molar-refractivity contribution in [3.8, 4) is 0 Å². The van der Waals surface area contributed by atoms with Crippen LogP contribution in [0.4, 0.5) is 14.9 Å². The Morgan fingerprint density at radius 2 is 1.70 bits per heavy atom. The molecule has 0 atom stereocenters. The third-order valence-electron chi connectivity index (χ3n) is 4.37. The summed E-state index contributed by atoms with van der Waals surface area (Å²) in [5.74, 6) is -0.777. The van der Waals surface area contributed by atoms with E-state index in [0.29, 0.717) is 44.1 Å². The van der Waals surface area contributed by atoms with Crippen LogP contribution in [0, 0.1) is 5.82 Å². The molecule has 2 amide bonds. The number of esters is 1. The average molecular weight is 372 g/mol. The van der Waals surface area contributed by atoms with E-state index in [9.17, 15) is 14.0 Å². The van der Waals surface area contributed by atoms with Crippen LogP contribution in [0.15, 0.2) is 48.5 Å². The normalized spacial score (nSPS) is 13.9. The van der Waals surface area contributed by atoms with Crippen molar-refractivity contribution in [2.75, 3.05) is 38.3 Å². The zero-order valence-electron chi connectivity index (χ0n) is 15.1. The molecule has 0 saturated carbocycles. The van der Waals surface area contributed by atoms with E-state index in [1.54, 1.807) is 46.2 Å². The highest BCUT2D eigenvalue weighted by Crippen LogP contribution is 2.21. The third kappa shape index (κ3) is 4.62. The maximum atomic E-state index is 13.3. The van der Waals surface area contributed by atoms with Crippen molar-refractivity contribution >= 4 is 17.7 Å². The van der Waals surface area contributed by atoms with Crippen LogP contribution in [-0.4, -0.2) is 50.3 Å². The topological polar surface area (TPSA) is 59.1 Å². The fourth-order valence-corrected chi connectivity index (χ4v) is 2.86. The van der Waals surface area contributed by atoms with Crippen molar-refractivity contribution in [1.29, 1.82) is 0 Å². The van der Waals surface area contributed by atoms with Gasteiger partial charge in [-0.15, -0.1) is 0 Å². The Bertz CT molecular complexity index is 787. The molecule has 1 heterocycles. The van der Waals surface area contributed by atoms with Gasteiger partial charge in [0, 0.05) is 18.8 Å². The number of halogens is 1. The number of morpholine rings is 1. The van der Waals surface area contributed by atoms with Gasteiger partial charge in [0.1, 0.15) is 5.82 Å². The molecule has 6 nitrogen and oxygen atoms in total. The zero-order chi connectivity index (χ0) is 19.2. The zero-order valence-corrected chi connectivity index (χ0v) is 15.1. The van der Waals surface area contributed by atoms with Crippen LogP contribution in [0.2, 0.25) is 0 Å². The van der Waals surface area contributed by atoms with Gasteiger partial charge >= 0.3 is 12.0 Å². The Morgan fingerprint density at radius 1 is 1.07 bits per heavy atom. The van der Waals surface area contributed by atoms with Gasteiger partial charge in [-0.1, -0.05) is 12.1 Å². The third-order valence-corrected chi connectivity index (χ3v) is 4.37. The first-order valence-electron chi connectivity index (χ1n) is 8.65. The van der Waals surface area contributed by atoms with Crippen molar-refractivity contribution < 1.29 is 23.5 Å². The first-order chi connectivity index (χ1) is 13.1. The summed E-state index contributed by atoms with van der Waals surface area (Å²) in [5.41, 5.74) is 1.88. The molecule has 1 aliphatic rings. The van der Waals surface area contributed by atoms with Crippen molar-refractivity contribution in [2.24, 2.45) is 0 Å². The second-order valence-electron chi connectivity index (χ2n) is 6.13. The minimum atomic E-state index is -0.415. The lowest BCUT2D eigenvalue weighted by molar-refractivity contribution is 0.0548. The molecule has 27 heavy (non-hydrogen) atoms. The summed E-state index contributed by atoms with van der Waals surface area (Å²) in [7, 11) is 1.33. The molecule has 0 unspecified atom stereocenters. The van der Waals surface area contributed by atoms with Crippen LogP contribution < -0.4 is 4.90 Å². The smallest absolute Gasteiger partial charge is 0.337 e. The van der Waals surface area contributed by atoms with E-state index in [2.05, 4.69) is 0 Å². The highest BCUT2D eigenvalue weighted by Gasteiger charge is 2.24. The number of carbonyl (C=O) groups excluding carboxylic acids is 2. The SMILES string of the molecule is COC(=O)c1ccc(CN(C(=O)N2CCOCC2)c2ccc(F)cc2)cc1. The van der Waals surface area contributed by atoms with Gasteiger partial charge in [-0.2, -0.15) is 0 Å². The highest BCUT2D eigenvalue weighted by molar-refractivity contribution is 5.92. The van der Waals surface area contributed by atoms with E-state index in [4.69, 9.17) is 9.47 Å². The van der Waals surface area contributed by atoms with Crippen molar-refractivity contribution in [3.63, 3.8) is 0 Å². The van der Waals surface area contributed by atoms with E-state index in [0.717, 1.165) is 5.56 Å². The molecule has 1 fully saturated rings. The standard InChI is InChI=1S/C20H21FN2O4/c1-26-19(24)16-4-2-15(3-5-16)14-23(18-8-6-17(21)7-9-18)20(25)22-10-12-27-13-11-22/h2-9H,10-14H2,1H3. The minimum absolute atomic E-state index is 0.165. The Balaban J connectivity index is 1.83. The molecule has 0 aromatic heterocycles. The van der Waals surface area contributed by atoms with Crippen molar-refractivity contribution in [1.82, 2.24) is 4.90 Å². The number of rotatable bonds is 4. The number of nitrogens with zero attached hydrogens (tertiary/aromatic N) is 2. The summed E-state index contributed by atoms with van der Waals surface area (Å²) in [6, 6.07) is 12.5. The average Bonchev–Trinajstić information content (AvgIpc) is 2.73. The molecule has 0 radical (unpaired) electrons. The molecule has 1 saturated heterocycles. The van der Waals surface area contributed by atoms with Crippen molar-refractivity contribution in [2.45, 2.75) is 6.54 Å². The minimum Gasteiger partial charge on any atom is -0.465 e. The summed E-state index contributed by atoms with van der Waals surface area (Å²) in [5, 5.41) is 0. The summed E-state index contributed by atoms with van der Waals surface area (Å²) in [6.07, 6.45) is 0. The molecule has 0 bridgehead atoms. The quantitative estimate of drug-likeness (QED) is 0.774. The number of hydrogen-bond acceptors (Lipinski definition) is 4. The van der Waals surface area contributed by atoms with E-state index in [1.807, 2.05) is 0 Å². The Labute approximate surface area is 157 Å². The van der Waals surface area contributed by atoms with E-state index in [-0.39, 0.29) is 11.8 Å². The molecular formula is C20H21FN2O4. The molecule has 3 rings (SSSR count). The lowest BCUT2D eigenvalue weighted by atomic mass is 10.1. The number of ether oxygens (including phenoxy) is 2. The van der Waals surface area contributed by atoms with Gasteiger partial charge in [-0.25, -0.2) is 14.0 Å². The highest BCUT2D eigenvalue weighted by atomic mass is 19.1. The second-order valence-corrected chi connectivity index (χ2v) is 6.13. The molecule has 2 aromatic carbocycles. The summed E-state index contributed by atoms with van der Waals surface area (Å²) >= 11 is 0. The van der Waals surface area contributed by atoms with Gasteiger partial charge < -0.3 is 14.4 Å². The largest absolute Gasteiger partial charge is 0.465 e. The summed E-state index contributed by atoms with van der Waals surface area (Å²) < 4.78 is 23.3. The number of benzene rings is 2. The Kier molecular flexibility index (Phi) is 6.03. The summed E-state index contributed by atoms with van der Waals surface area (Å²) in [4.78, 5) is 27.9. The first kappa shape index (κ1) is 18.8. The maximum absolute atomic E-state index is 13.3. The monoisotopic (exact) mass is 372 g/mol. The van der Waals surface area contributed by atoms with Gasteiger partial charge in [0.2, 0.25) is 0 Å². The van der Waals surface area contributed by atoms with Crippen LogP contribution >= 0.6 is 0 Å². The molecule has 0 spiro atoms. The molecule has 142 valence electrons. The van der Waals surface area contributed by atoms with Gasteiger partial charge in [0.15, 0.2) is 0 Å². The summed E-state index contributed by atoms with van der Waals surface area (Å²) in [6.45, 7) is 2.31. The lowest BCUT2D eigenvalue weighted by Crippen LogP contribution is -2.48. The van der Waals surface area contributed by atoms with Gasteiger partial charge in [-0.3, -0.25) is 4.90 Å². The fourth-order valence-electron chi connectivity index (χ4n) is 2.86. The van der Waals surface area contributed by atoms with E-state index in [1.165, 1.54) is 19.2 Å². The van der Waals surface area contributed by atoms with Gasteiger partial charge in [-0.05, 0) is 42.0 Å². The number of amides is 2. The van der Waals surface area contributed by atoms with E-state index >= 15 is 0 Å². The number of hydrogen-bond donors (Lipinski definition) is 0. The number of methoxy groups -OCH3 is 1. The maximum Gasteiger partial charge on any atom is 0.337 e. The van der Waals surface area contributed by atoms with Gasteiger partial charge in [0.25, 0.3) is 0 Å².